The van der Waals surface area contributed by atoms with Gasteiger partial charge in [-0.25, -0.2) is 13.6 Å². The van der Waals surface area contributed by atoms with Gasteiger partial charge in [0.15, 0.2) is 0 Å². The highest BCUT2D eigenvalue weighted by molar-refractivity contribution is 7.89. The fourth-order valence-corrected chi connectivity index (χ4v) is 2.24. The molecule has 0 amide bonds. The van der Waals surface area contributed by atoms with Gasteiger partial charge in [0.2, 0.25) is 5.09 Å². The van der Waals surface area contributed by atoms with Gasteiger partial charge < -0.3 is 14.5 Å². The summed E-state index contributed by atoms with van der Waals surface area (Å²) < 4.78 is 32.8. The van der Waals surface area contributed by atoms with Gasteiger partial charge in [-0.2, -0.15) is 0 Å². The van der Waals surface area contributed by atoms with Crippen LogP contribution < -0.4 is 15.2 Å². The molecule has 0 saturated carbocycles. The van der Waals surface area contributed by atoms with Crippen LogP contribution in [-0.4, -0.2) is 21.6 Å². The maximum absolute atomic E-state index is 11.1. The summed E-state index contributed by atoms with van der Waals surface area (Å²) in [6, 6.07) is 10.7. The minimum absolute atomic E-state index is 0.227. The zero-order chi connectivity index (χ0) is 15.3. The van der Waals surface area contributed by atoms with Crippen molar-refractivity contribution in [3.05, 3.63) is 47.7 Å². The fraction of sp³-hybridized carbons (Fsp3) is 0.286. The van der Waals surface area contributed by atoms with Crippen molar-refractivity contribution in [1.82, 2.24) is 5.32 Å². The lowest BCUT2D eigenvalue weighted by molar-refractivity contribution is 0.308. The summed E-state index contributed by atoms with van der Waals surface area (Å²) in [6.45, 7) is 3.53. The van der Waals surface area contributed by atoms with Gasteiger partial charge >= 0.3 is 0 Å². The molecule has 0 aliphatic carbocycles. The highest BCUT2D eigenvalue weighted by atomic mass is 32.2. The van der Waals surface area contributed by atoms with Crippen LogP contribution in [0.3, 0.4) is 0 Å². The average molecular weight is 310 g/mol. The van der Waals surface area contributed by atoms with Crippen LogP contribution in [0.5, 0.6) is 5.75 Å². The quantitative estimate of drug-likeness (QED) is 0.754. The Balaban J connectivity index is 1.71. The van der Waals surface area contributed by atoms with Crippen LogP contribution in [0.25, 0.3) is 0 Å². The second kappa shape index (κ2) is 6.75. The molecule has 3 N–H and O–H groups in total. The van der Waals surface area contributed by atoms with Crippen molar-refractivity contribution in [1.29, 1.82) is 0 Å². The second-order valence-electron chi connectivity index (χ2n) is 4.61. The van der Waals surface area contributed by atoms with Crippen molar-refractivity contribution in [2.24, 2.45) is 5.14 Å². The Morgan fingerprint density at radius 2 is 2.10 bits per heavy atom. The van der Waals surface area contributed by atoms with Gasteiger partial charge in [0.25, 0.3) is 10.0 Å². The monoisotopic (exact) mass is 310 g/mol. The summed E-state index contributed by atoms with van der Waals surface area (Å²) in [5.74, 6) is 1.33. The minimum Gasteiger partial charge on any atom is -0.492 e. The lowest BCUT2D eigenvalue weighted by Gasteiger charge is -2.07. The molecule has 1 heterocycles. The molecule has 0 saturated heterocycles. The molecule has 1 aromatic carbocycles. The molecule has 0 aliphatic rings. The number of primary sulfonamides is 1. The van der Waals surface area contributed by atoms with Crippen LogP contribution in [0.1, 0.15) is 11.3 Å². The number of aryl methyl sites for hydroxylation is 1. The largest absolute Gasteiger partial charge is 0.492 e. The van der Waals surface area contributed by atoms with Crippen molar-refractivity contribution in [3.8, 4) is 5.75 Å². The van der Waals surface area contributed by atoms with E-state index >= 15 is 0 Å². The van der Waals surface area contributed by atoms with Crippen molar-refractivity contribution >= 4 is 10.0 Å². The van der Waals surface area contributed by atoms with Gasteiger partial charge in [0, 0.05) is 6.54 Å². The normalized spacial score (nSPS) is 11.5. The SMILES string of the molecule is Cc1cccc(OCCNCc2ccc(S(N)(=O)=O)o2)c1. The summed E-state index contributed by atoms with van der Waals surface area (Å²) in [7, 11) is -3.78. The van der Waals surface area contributed by atoms with E-state index in [9.17, 15) is 8.42 Å². The Labute approximate surface area is 124 Å². The van der Waals surface area contributed by atoms with Crippen LogP contribution in [0.2, 0.25) is 0 Å². The number of hydrogen-bond donors (Lipinski definition) is 2. The van der Waals surface area contributed by atoms with Gasteiger partial charge in [-0.15, -0.1) is 0 Å². The topological polar surface area (TPSA) is 94.6 Å². The van der Waals surface area contributed by atoms with Gasteiger partial charge in [0.1, 0.15) is 18.1 Å². The number of benzene rings is 1. The number of nitrogens with one attached hydrogen (secondary N) is 1. The number of nitrogens with two attached hydrogens (primary N) is 1. The molecule has 7 heteroatoms. The van der Waals surface area contributed by atoms with E-state index in [2.05, 4.69) is 5.32 Å². The van der Waals surface area contributed by atoms with E-state index in [1.807, 2.05) is 31.2 Å². The third-order valence-electron chi connectivity index (χ3n) is 2.75. The van der Waals surface area contributed by atoms with Gasteiger partial charge in [-0.1, -0.05) is 12.1 Å². The molecule has 0 spiro atoms. The number of rotatable bonds is 7. The van der Waals surface area contributed by atoms with E-state index in [1.165, 1.54) is 6.07 Å². The second-order valence-corrected chi connectivity index (χ2v) is 6.10. The maximum atomic E-state index is 11.1. The van der Waals surface area contributed by atoms with E-state index in [4.69, 9.17) is 14.3 Å². The first-order valence-electron chi connectivity index (χ1n) is 6.47. The summed E-state index contributed by atoms with van der Waals surface area (Å²) >= 11 is 0. The van der Waals surface area contributed by atoms with E-state index < -0.39 is 10.0 Å². The number of hydrogen-bond acceptors (Lipinski definition) is 5. The van der Waals surface area contributed by atoms with Crippen LogP contribution in [0.15, 0.2) is 45.9 Å². The third kappa shape index (κ3) is 4.89. The third-order valence-corrected chi connectivity index (χ3v) is 3.53. The molecule has 0 atom stereocenters. The van der Waals surface area contributed by atoms with Gasteiger partial charge in [0.05, 0.1) is 6.54 Å². The molecule has 0 radical (unpaired) electrons. The lowest BCUT2D eigenvalue weighted by atomic mass is 10.2. The summed E-state index contributed by atoms with van der Waals surface area (Å²) in [5, 5.41) is 7.83. The smallest absolute Gasteiger partial charge is 0.271 e. The molecule has 2 rings (SSSR count). The van der Waals surface area contributed by atoms with Gasteiger partial charge in [-0.05, 0) is 36.8 Å². The zero-order valence-electron chi connectivity index (χ0n) is 11.7. The van der Waals surface area contributed by atoms with E-state index in [1.54, 1.807) is 6.07 Å². The average Bonchev–Trinajstić information content (AvgIpc) is 2.87. The highest BCUT2D eigenvalue weighted by Crippen LogP contribution is 2.13. The van der Waals surface area contributed by atoms with Crippen molar-refractivity contribution in [3.63, 3.8) is 0 Å². The van der Waals surface area contributed by atoms with E-state index in [0.717, 1.165) is 11.3 Å². The summed E-state index contributed by atoms with van der Waals surface area (Å²) in [6.07, 6.45) is 0. The van der Waals surface area contributed by atoms with Gasteiger partial charge in [-0.3, -0.25) is 0 Å². The Morgan fingerprint density at radius 1 is 1.29 bits per heavy atom. The van der Waals surface area contributed by atoms with Crippen molar-refractivity contribution < 1.29 is 17.6 Å². The van der Waals surface area contributed by atoms with Crippen LogP contribution in [-0.2, 0) is 16.6 Å². The molecule has 0 bridgehead atoms. The Kier molecular flexibility index (Phi) is 5.00. The number of furan rings is 1. The zero-order valence-corrected chi connectivity index (χ0v) is 12.5. The first kappa shape index (κ1) is 15.6. The van der Waals surface area contributed by atoms with Crippen LogP contribution in [0.4, 0.5) is 0 Å². The standard InChI is InChI=1S/C14H18N2O4S/c1-11-3-2-4-12(9-11)19-8-7-16-10-13-5-6-14(20-13)21(15,17)18/h2-6,9,16H,7-8,10H2,1H3,(H2,15,17,18). The number of ether oxygens (including phenoxy) is 1. The highest BCUT2D eigenvalue weighted by Gasteiger charge is 2.12. The predicted molar refractivity (Wildman–Crippen MR) is 78.5 cm³/mol. The molecular weight excluding hydrogens is 292 g/mol. The van der Waals surface area contributed by atoms with Crippen molar-refractivity contribution in [2.45, 2.75) is 18.6 Å². The molecule has 6 nitrogen and oxygen atoms in total. The molecular formula is C14H18N2O4S. The Morgan fingerprint density at radius 3 is 2.76 bits per heavy atom. The molecule has 21 heavy (non-hydrogen) atoms. The summed E-state index contributed by atoms with van der Waals surface area (Å²) in [5.41, 5.74) is 1.14. The van der Waals surface area contributed by atoms with Crippen LogP contribution in [0, 0.1) is 6.92 Å². The Hall–Kier alpha value is -1.83. The molecule has 1 aromatic heterocycles. The van der Waals surface area contributed by atoms with E-state index in [0.29, 0.717) is 25.5 Å². The first-order chi connectivity index (χ1) is 9.95. The molecule has 0 unspecified atom stereocenters. The predicted octanol–water partition coefficient (Wildman–Crippen LogP) is 1.40. The van der Waals surface area contributed by atoms with Crippen LogP contribution >= 0.6 is 0 Å². The fourth-order valence-electron chi connectivity index (χ4n) is 1.76. The molecule has 0 fully saturated rings. The maximum Gasteiger partial charge on any atom is 0.271 e. The first-order valence-corrected chi connectivity index (χ1v) is 8.01. The summed E-state index contributed by atoms with van der Waals surface area (Å²) in [4.78, 5) is 0. The Bertz CT molecular complexity index is 695. The van der Waals surface area contributed by atoms with Crippen molar-refractivity contribution in [2.75, 3.05) is 13.2 Å². The number of sulfonamides is 1. The minimum atomic E-state index is -3.78. The molecule has 114 valence electrons. The lowest BCUT2D eigenvalue weighted by Crippen LogP contribution is -2.20. The molecule has 0 aliphatic heterocycles. The van der Waals surface area contributed by atoms with E-state index in [-0.39, 0.29) is 5.09 Å². The molecule has 2 aromatic rings.